The lowest BCUT2D eigenvalue weighted by Crippen LogP contribution is -2.35. The van der Waals surface area contributed by atoms with Crippen molar-refractivity contribution in [3.8, 4) is 0 Å². The van der Waals surface area contributed by atoms with Crippen LogP contribution < -0.4 is 10.2 Å². The molecule has 0 radical (unpaired) electrons. The van der Waals surface area contributed by atoms with E-state index >= 15 is 0 Å². The first-order chi connectivity index (χ1) is 10.0. The number of pyridine rings is 1. The molecule has 2 rings (SSSR count). The smallest absolute Gasteiger partial charge is 0.133 e. The van der Waals surface area contributed by atoms with E-state index in [-0.39, 0.29) is 0 Å². The van der Waals surface area contributed by atoms with Crippen molar-refractivity contribution in [2.45, 2.75) is 78.9 Å². The summed E-state index contributed by atoms with van der Waals surface area (Å²) in [7, 11) is 0. The highest BCUT2D eigenvalue weighted by atomic mass is 15.2. The number of nitrogens with one attached hydrogen (secondary N) is 1. The highest BCUT2D eigenvalue weighted by Crippen LogP contribution is 2.30. The van der Waals surface area contributed by atoms with E-state index in [0.717, 1.165) is 18.8 Å². The van der Waals surface area contributed by atoms with Gasteiger partial charge in [0.1, 0.15) is 5.82 Å². The van der Waals surface area contributed by atoms with Gasteiger partial charge < -0.3 is 10.2 Å². The van der Waals surface area contributed by atoms with Crippen molar-refractivity contribution in [1.29, 1.82) is 0 Å². The number of rotatable bonds is 6. The Labute approximate surface area is 130 Å². The van der Waals surface area contributed by atoms with Crippen LogP contribution in [0.5, 0.6) is 0 Å². The number of aromatic nitrogens is 1. The van der Waals surface area contributed by atoms with Crippen molar-refractivity contribution >= 4 is 5.82 Å². The molecule has 0 bridgehead atoms. The van der Waals surface area contributed by atoms with Gasteiger partial charge in [0.05, 0.1) is 0 Å². The van der Waals surface area contributed by atoms with Gasteiger partial charge in [0.25, 0.3) is 0 Å². The Morgan fingerprint density at radius 2 is 1.95 bits per heavy atom. The molecule has 1 heterocycles. The summed E-state index contributed by atoms with van der Waals surface area (Å²) in [6.45, 7) is 13.0. The normalized spacial score (nSPS) is 15.9. The Morgan fingerprint density at radius 1 is 1.29 bits per heavy atom. The predicted molar refractivity (Wildman–Crippen MR) is 91.0 cm³/mol. The van der Waals surface area contributed by atoms with E-state index in [9.17, 15) is 0 Å². The van der Waals surface area contributed by atoms with Crippen LogP contribution in [-0.4, -0.2) is 23.6 Å². The maximum Gasteiger partial charge on any atom is 0.133 e. The van der Waals surface area contributed by atoms with Crippen LogP contribution in [0.2, 0.25) is 0 Å². The van der Waals surface area contributed by atoms with Crippen molar-refractivity contribution in [2.75, 3.05) is 11.4 Å². The lowest BCUT2D eigenvalue weighted by atomic mass is 10.1. The van der Waals surface area contributed by atoms with Gasteiger partial charge in [-0.2, -0.15) is 0 Å². The van der Waals surface area contributed by atoms with Crippen LogP contribution in [0.1, 0.15) is 63.3 Å². The highest BCUT2D eigenvalue weighted by Gasteiger charge is 2.25. The van der Waals surface area contributed by atoms with E-state index in [0.29, 0.717) is 12.1 Å². The van der Waals surface area contributed by atoms with Crippen molar-refractivity contribution < 1.29 is 0 Å². The lowest BCUT2D eigenvalue weighted by Gasteiger charge is -2.32. The van der Waals surface area contributed by atoms with Gasteiger partial charge in [-0.05, 0) is 45.2 Å². The molecule has 0 amide bonds. The molecular formula is C18H31N3. The van der Waals surface area contributed by atoms with E-state index in [2.05, 4.69) is 50.9 Å². The zero-order valence-corrected chi connectivity index (χ0v) is 14.4. The summed E-state index contributed by atoms with van der Waals surface area (Å²) >= 11 is 0. The van der Waals surface area contributed by atoms with Crippen LogP contribution in [0.15, 0.2) is 6.07 Å². The molecule has 3 nitrogen and oxygen atoms in total. The average molecular weight is 289 g/mol. The molecule has 1 saturated carbocycles. The predicted octanol–water partition coefficient (Wildman–Crippen LogP) is 3.97. The summed E-state index contributed by atoms with van der Waals surface area (Å²) in [6, 6.07) is 3.39. The Kier molecular flexibility index (Phi) is 5.63. The molecule has 0 spiro atoms. The van der Waals surface area contributed by atoms with Crippen LogP contribution >= 0.6 is 0 Å². The number of aryl methyl sites for hydroxylation is 2. The first kappa shape index (κ1) is 16.3. The second-order valence-corrected chi connectivity index (χ2v) is 6.64. The Hall–Kier alpha value is -1.09. The Bertz CT molecular complexity index is 462. The van der Waals surface area contributed by atoms with Gasteiger partial charge in [0.15, 0.2) is 0 Å². The quantitative estimate of drug-likeness (QED) is 0.859. The SMILES string of the molecule is CCN(c1nc(C)cc(C)c1CNC(C)C)C1CCCC1. The minimum Gasteiger partial charge on any atom is -0.354 e. The van der Waals surface area contributed by atoms with Gasteiger partial charge in [-0.3, -0.25) is 0 Å². The van der Waals surface area contributed by atoms with Crippen LogP contribution in [0, 0.1) is 13.8 Å². The van der Waals surface area contributed by atoms with Gasteiger partial charge in [-0.25, -0.2) is 4.98 Å². The minimum atomic E-state index is 0.500. The number of nitrogens with zero attached hydrogens (tertiary/aromatic N) is 2. The molecule has 0 aliphatic heterocycles. The minimum absolute atomic E-state index is 0.500. The Morgan fingerprint density at radius 3 is 2.52 bits per heavy atom. The fourth-order valence-corrected chi connectivity index (χ4v) is 3.40. The zero-order valence-electron chi connectivity index (χ0n) is 14.4. The molecule has 0 saturated heterocycles. The van der Waals surface area contributed by atoms with Crippen LogP contribution in [0.3, 0.4) is 0 Å². The molecule has 1 aliphatic carbocycles. The number of hydrogen-bond donors (Lipinski definition) is 1. The molecule has 1 N–H and O–H groups in total. The van der Waals surface area contributed by atoms with E-state index in [1.807, 2.05) is 0 Å². The highest BCUT2D eigenvalue weighted by molar-refractivity contribution is 5.52. The molecule has 1 aromatic heterocycles. The molecule has 0 atom stereocenters. The van der Waals surface area contributed by atoms with E-state index in [4.69, 9.17) is 4.98 Å². The van der Waals surface area contributed by atoms with Crippen molar-refractivity contribution in [1.82, 2.24) is 10.3 Å². The zero-order chi connectivity index (χ0) is 15.4. The standard InChI is InChI=1S/C18H31N3/c1-6-21(16-9-7-8-10-16)18-17(12-19-13(2)3)14(4)11-15(5)20-18/h11,13,16,19H,6-10,12H2,1-5H3. The third-order valence-electron chi connectivity index (χ3n) is 4.52. The molecular weight excluding hydrogens is 258 g/mol. The second kappa shape index (κ2) is 7.26. The summed E-state index contributed by atoms with van der Waals surface area (Å²) in [5.41, 5.74) is 3.87. The summed E-state index contributed by atoms with van der Waals surface area (Å²) in [6.07, 6.45) is 5.37. The molecule has 0 aromatic carbocycles. The van der Waals surface area contributed by atoms with Crippen molar-refractivity contribution in [3.63, 3.8) is 0 Å². The molecule has 0 unspecified atom stereocenters. The summed E-state index contributed by atoms with van der Waals surface area (Å²) < 4.78 is 0. The molecule has 1 aliphatic rings. The van der Waals surface area contributed by atoms with E-state index < -0.39 is 0 Å². The molecule has 1 fully saturated rings. The van der Waals surface area contributed by atoms with Gasteiger partial charge in [-0.1, -0.05) is 26.7 Å². The summed E-state index contributed by atoms with van der Waals surface area (Å²) in [5, 5.41) is 3.57. The van der Waals surface area contributed by atoms with E-state index in [1.54, 1.807) is 0 Å². The van der Waals surface area contributed by atoms with Crippen LogP contribution in [0.4, 0.5) is 5.82 Å². The third-order valence-corrected chi connectivity index (χ3v) is 4.52. The molecule has 21 heavy (non-hydrogen) atoms. The molecule has 1 aromatic rings. The first-order valence-electron chi connectivity index (χ1n) is 8.50. The maximum atomic E-state index is 4.91. The second-order valence-electron chi connectivity index (χ2n) is 6.64. The van der Waals surface area contributed by atoms with Gasteiger partial charge in [0, 0.05) is 36.4 Å². The van der Waals surface area contributed by atoms with Gasteiger partial charge in [0.2, 0.25) is 0 Å². The fraction of sp³-hybridized carbons (Fsp3) is 0.722. The van der Waals surface area contributed by atoms with Crippen LogP contribution in [0.25, 0.3) is 0 Å². The monoisotopic (exact) mass is 289 g/mol. The summed E-state index contributed by atoms with van der Waals surface area (Å²) in [4.78, 5) is 7.46. The first-order valence-corrected chi connectivity index (χ1v) is 8.50. The molecule has 3 heteroatoms. The number of hydrogen-bond acceptors (Lipinski definition) is 3. The van der Waals surface area contributed by atoms with Crippen molar-refractivity contribution in [2.24, 2.45) is 0 Å². The average Bonchev–Trinajstić information content (AvgIpc) is 2.92. The third kappa shape index (κ3) is 3.97. The van der Waals surface area contributed by atoms with Crippen LogP contribution in [-0.2, 0) is 6.54 Å². The van der Waals surface area contributed by atoms with Gasteiger partial charge >= 0.3 is 0 Å². The Balaban J connectivity index is 2.33. The maximum absolute atomic E-state index is 4.91. The van der Waals surface area contributed by atoms with Gasteiger partial charge in [-0.15, -0.1) is 0 Å². The molecule has 118 valence electrons. The largest absolute Gasteiger partial charge is 0.354 e. The van der Waals surface area contributed by atoms with Crippen molar-refractivity contribution in [3.05, 3.63) is 22.9 Å². The lowest BCUT2D eigenvalue weighted by molar-refractivity contribution is 0.574. The topological polar surface area (TPSA) is 28.2 Å². The van der Waals surface area contributed by atoms with E-state index in [1.165, 1.54) is 42.6 Å². The summed E-state index contributed by atoms with van der Waals surface area (Å²) in [5.74, 6) is 1.22. The fourth-order valence-electron chi connectivity index (χ4n) is 3.40. The number of anilines is 1.